The minimum Gasteiger partial charge on any atom is -0.463 e. The van der Waals surface area contributed by atoms with Crippen molar-refractivity contribution in [3.05, 3.63) is 42.0 Å². The molecule has 1 aliphatic rings. The van der Waals surface area contributed by atoms with Crippen LogP contribution in [0, 0.1) is 0 Å². The van der Waals surface area contributed by atoms with Crippen molar-refractivity contribution in [3.8, 4) is 0 Å². The molecule has 11 heteroatoms. The molecule has 34 heavy (non-hydrogen) atoms. The molecule has 1 amide bonds. The van der Waals surface area contributed by atoms with Crippen LogP contribution in [0.3, 0.4) is 0 Å². The molecule has 5 atom stereocenters. The normalized spacial score (nSPS) is 24.1. The summed E-state index contributed by atoms with van der Waals surface area (Å²) in [5, 5.41) is 2.58. The SMILES string of the molecule is CC(=O)OCC1OC(OC(C)=O)C(NC(=O)C=Cc2ccccc2)C(OC(C)=O)C1OC(C)=O. The highest BCUT2D eigenvalue weighted by Gasteiger charge is 2.52. The lowest BCUT2D eigenvalue weighted by atomic mass is 9.96. The summed E-state index contributed by atoms with van der Waals surface area (Å²) in [4.78, 5) is 59.3. The number of amides is 1. The van der Waals surface area contributed by atoms with Crippen molar-refractivity contribution in [1.29, 1.82) is 0 Å². The summed E-state index contributed by atoms with van der Waals surface area (Å²) in [6.07, 6.45) is -2.42. The number of hydrogen-bond acceptors (Lipinski definition) is 10. The van der Waals surface area contributed by atoms with E-state index >= 15 is 0 Å². The summed E-state index contributed by atoms with van der Waals surface area (Å²) in [7, 11) is 0. The Balaban J connectivity index is 2.37. The van der Waals surface area contributed by atoms with Crippen molar-refractivity contribution in [1.82, 2.24) is 5.32 Å². The second-order valence-electron chi connectivity index (χ2n) is 7.38. The van der Waals surface area contributed by atoms with E-state index in [1.54, 1.807) is 30.3 Å². The van der Waals surface area contributed by atoms with Gasteiger partial charge in [0.25, 0.3) is 0 Å². The van der Waals surface area contributed by atoms with Gasteiger partial charge in [-0.2, -0.15) is 0 Å². The summed E-state index contributed by atoms with van der Waals surface area (Å²) < 4.78 is 26.6. The Morgan fingerprint density at radius 1 is 0.853 bits per heavy atom. The molecule has 0 saturated carbocycles. The molecule has 0 bridgehead atoms. The number of ether oxygens (including phenoxy) is 5. The first-order valence-electron chi connectivity index (χ1n) is 10.4. The Bertz CT molecular complexity index is 929. The monoisotopic (exact) mass is 477 g/mol. The third-order valence-electron chi connectivity index (χ3n) is 4.52. The van der Waals surface area contributed by atoms with E-state index in [0.29, 0.717) is 0 Å². The van der Waals surface area contributed by atoms with Gasteiger partial charge >= 0.3 is 23.9 Å². The molecule has 1 fully saturated rings. The third kappa shape index (κ3) is 8.32. The molecule has 1 aliphatic heterocycles. The Kier molecular flexibility index (Phi) is 9.75. The van der Waals surface area contributed by atoms with Crippen LogP contribution in [0.15, 0.2) is 36.4 Å². The second-order valence-corrected chi connectivity index (χ2v) is 7.38. The average molecular weight is 477 g/mol. The van der Waals surface area contributed by atoms with E-state index in [-0.39, 0.29) is 0 Å². The molecule has 1 saturated heterocycles. The Morgan fingerprint density at radius 2 is 1.44 bits per heavy atom. The zero-order valence-electron chi connectivity index (χ0n) is 19.2. The summed E-state index contributed by atoms with van der Waals surface area (Å²) >= 11 is 0. The van der Waals surface area contributed by atoms with Gasteiger partial charge in [0.15, 0.2) is 12.2 Å². The topological polar surface area (TPSA) is 144 Å². The van der Waals surface area contributed by atoms with Crippen molar-refractivity contribution >= 4 is 35.9 Å². The van der Waals surface area contributed by atoms with Crippen LogP contribution in [0.25, 0.3) is 6.08 Å². The Morgan fingerprint density at radius 3 is 2.00 bits per heavy atom. The largest absolute Gasteiger partial charge is 0.463 e. The van der Waals surface area contributed by atoms with Gasteiger partial charge in [-0.25, -0.2) is 0 Å². The van der Waals surface area contributed by atoms with Crippen LogP contribution in [0.5, 0.6) is 0 Å². The number of carbonyl (C=O) groups excluding carboxylic acids is 5. The van der Waals surface area contributed by atoms with Crippen molar-refractivity contribution in [2.75, 3.05) is 6.61 Å². The van der Waals surface area contributed by atoms with E-state index in [9.17, 15) is 24.0 Å². The molecule has 11 nitrogen and oxygen atoms in total. The molecule has 1 aromatic rings. The van der Waals surface area contributed by atoms with Gasteiger partial charge in [-0.1, -0.05) is 30.3 Å². The molecule has 0 radical (unpaired) electrons. The smallest absolute Gasteiger partial charge is 0.305 e. The maximum absolute atomic E-state index is 12.7. The maximum atomic E-state index is 12.7. The molecule has 0 aliphatic carbocycles. The number of hydrogen-bond donors (Lipinski definition) is 1. The van der Waals surface area contributed by atoms with Crippen LogP contribution in [0.1, 0.15) is 33.3 Å². The van der Waals surface area contributed by atoms with Crippen LogP contribution < -0.4 is 5.32 Å². The molecule has 2 rings (SSSR count). The minimum absolute atomic E-state index is 0.391. The number of rotatable bonds is 8. The average Bonchev–Trinajstić information content (AvgIpc) is 2.74. The van der Waals surface area contributed by atoms with Gasteiger partial charge < -0.3 is 29.0 Å². The maximum Gasteiger partial charge on any atom is 0.305 e. The van der Waals surface area contributed by atoms with E-state index < -0.39 is 67.0 Å². The molecule has 0 spiro atoms. The fourth-order valence-electron chi connectivity index (χ4n) is 3.27. The zero-order valence-corrected chi connectivity index (χ0v) is 19.2. The highest BCUT2D eigenvalue weighted by Crippen LogP contribution is 2.28. The lowest BCUT2D eigenvalue weighted by molar-refractivity contribution is -0.270. The predicted octanol–water partition coefficient (Wildman–Crippen LogP) is 0.899. The number of benzene rings is 1. The van der Waals surface area contributed by atoms with Gasteiger partial charge in [0.05, 0.1) is 0 Å². The Hall–Kier alpha value is -3.73. The van der Waals surface area contributed by atoms with Gasteiger partial charge in [-0.15, -0.1) is 0 Å². The first kappa shape index (κ1) is 26.5. The predicted molar refractivity (Wildman–Crippen MR) is 116 cm³/mol. The highest BCUT2D eigenvalue weighted by atomic mass is 16.7. The molecule has 1 heterocycles. The molecule has 0 aromatic heterocycles. The van der Waals surface area contributed by atoms with Gasteiger partial charge in [0, 0.05) is 33.8 Å². The van der Waals surface area contributed by atoms with Crippen LogP contribution in [-0.4, -0.2) is 67.0 Å². The summed E-state index contributed by atoms with van der Waals surface area (Å²) in [6.45, 7) is 4.15. The van der Waals surface area contributed by atoms with Crippen LogP contribution in [-0.2, 0) is 47.7 Å². The van der Waals surface area contributed by atoms with Crippen molar-refractivity contribution in [2.45, 2.75) is 58.3 Å². The molecular weight excluding hydrogens is 450 g/mol. The lowest BCUT2D eigenvalue weighted by Crippen LogP contribution is -2.66. The molecule has 1 N–H and O–H groups in total. The molecule has 184 valence electrons. The highest BCUT2D eigenvalue weighted by molar-refractivity contribution is 5.92. The van der Waals surface area contributed by atoms with Crippen LogP contribution >= 0.6 is 0 Å². The van der Waals surface area contributed by atoms with E-state index in [1.165, 1.54) is 13.0 Å². The molecular formula is C23H27NO10. The quantitative estimate of drug-likeness (QED) is 0.326. The van der Waals surface area contributed by atoms with Crippen LogP contribution in [0.4, 0.5) is 0 Å². The first-order valence-corrected chi connectivity index (χ1v) is 10.4. The molecule has 5 unspecified atom stereocenters. The van der Waals surface area contributed by atoms with Crippen LogP contribution in [0.2, 0.25) is 0 Å². The zero-order chi connectivity index (χ0) is 25.3. The summed E-state index contributed by atoms with van der Waals surface area (Å²) in [5.74, 6) is -3.50. The van der Waals surface area contributed by atoms with Crippen molar-refractivity contribution in [3.63, 3.8) is 0 Å². The van der Waals surface area contributed by atoms with Gasteiger partial charge in [-0.05, 0) is 11.6 Å². The number of nitrogens with one attached hydrogen (secondary N) is 1. The fourth-order valence-corrected chi connectivity index (χ4v) is 3.27. The first-order chi connectivity index (χ1) is 16.1. The van der Waals surface area contributed by atoms with Crippen molar-refractivity contribution < 1.29 is 47.7 Å². The molecule has 1 aromatic carbocycles. The lowest BCUT2D eigenvalue weighted by Gasteiger charge is -2.44. The minimum atomic E-state index is -1.44. The van der Waals surface area contributed by atoms with E-state index in [0.717, 1.165) is 26.3 Å². The third-order valence-corrected chi connectivity index (χ3v) is 4.52. The van der Waals surface area contributed by atoms with E-state index in [1.807, 2.05) is 6.07 Å². The second kappa shape index (κ2) is 12.5. The number of carbonyl (C=O) groups is 5. The van der Waals surface area contributed by atoms with Crippen molar-refractivity contribution in [2.24, 2.45) is 0 Å². The summed E-state index contributed by atoms with van der Waals surface area (Å²) in [6, 6.07) is 7.74. The standard InChI is InChI=1S/C23H27NO10/c1-13(25)30-12-18-21(31-14(2)26)22(32-15(3)27)20(23(34-18)33-16(4)28)24-19(29)11-10-17-8-6-5-7-9-17/h5-11,18,20-23H,12H2,1-4H3,(H,24,29). The fraction of sp³-hybridized carbons (Fsp3) is 0.435. The van der Waals surface area contributed by atoms with Gasteiger partial charge in [0.2, 0.25) is 12.2 Å². The Labute approximate surface area is 196 Å². The van der Waals surface area contributed by atoms with Gasteiger partial charge in [-0.3, -0.25) is 24.0 Å². The van der Waals surface area contributed by atoms with E-state index in [4.69, 9.17) is 23.7 Å². The van der Waals surface area contributed by atoms with Gasteiger partial charge in [0.1, 0.15) is 18.8 Å². The number of esters is 4. The summed E-state index contributed by atoms with van der Waals surface area (Å²) in [5.41, 5.74) is 0.754. The van der Waals surface area contributed by atoms with E-state index in [2.05, 4.69) is 5.32 Å².